The van der Waals surface area contributed by atoms with E-state index in [1.807, 2.05) is 17.9 Å². The van der Waals surface area contributed by atoms with Gasteiger partial charge in [0.2, 0.25) is 0 Å². The highest BCUT2D eigenvalue weighted by Gasteiger charge is 2.13. The highest BCUT2D eigenvalue weighted by Crippen LogP contribution is 2.26. The van der Waals surface area contributed by atoms with Crippen LogP contribution in [0, 0.1) is 6.92 Å². The van der Waals surface area contributed by atoms with Crippen LogP contribution in [0.4, 0.5) is 5.69 Å². The standard InChI is InChI=1S/C17H24N4/c1-13-16(12-19-21(13)3)11-18-10-14-6-7-17-15(9-14)5-4-8-20(17)2/h6-7,9,12,18H,4-5,8,10-11H2,1-3H3. The van der Waals surface area contributed by atoms with Gasteiger partial charge in [0.25, 0.3) is 0 Å². The van der Waals surface area contributed by atoms with Crippen molar-refractivity contribution < 1.29 is 0 Å². The Bertz CT molecular complexity index is 630. The zero-order valence-electron chi connectivity index (χ0n) is 13.2. The molecule has 1 N–H and O–H groups in total. The predicted molar refractivity (Wildman–Crippen MR) is 86.5 cm³/mol. The molecule has 2 heterocycles. The highest BCUT2D eigenvalue weighted by molar-refractivity contribution is 5.56. The van der Waals surface area contributed by atoms with Crippen molar-refractivity contribution in [1.29, 1.82) is 0 Å². The molecule has 21 heavy (non-hydrogen) atoms. The fourth-order valence-corrected chi connectivity index (χ4v) is 3.01. The molecule has 0 saturated carbocycles. The number of hydrogen-bond donors (Lipinski definition) is 1. The maximum Gasteiger partial charge on any atom is 0.0537 e. The van der Waals surface area contributed by atoms with E-state index < -0.39 is 0 Å². The Morgan fingerprint density at radius 1 is 1.24 bits per heavy atom. The Balaban J connectivity index is 1.62. The molecule has 0 fully saturated rings. The zero-order valence-corrected chi connectivity index (χ0v) is 13.2. The first-order valence-corrected chi connectivity index (χ1v) is 7.66. The number of aryl methyl sites for hydroxylation is 2. The van der Waals surface area contributed by atoms with Gasteiger partial charge in [0.05, 0.1) is 6.20 Å². The van der Waals surface area contributed by atoms with Crippen molar-refractivity contribution in [3.05, 3.63) is 46.8 Å². The predicted octanol–water partition coefficient (Wildman–Crippen LogP) is 2.40. The smallest absolute Gasteiger partial charge is 0.0537 e. The summed E-state index contributed by atoms with van der Waals surface area (Å²) in [6.45, 7) is 5.06. The Morgan fingerprint density at radius 3 is 2.86 bits per heavy atom. The van der Waals surface area contributed by atoms with Gasteiger partial charge >= 0.3 is 0 Å². The molecule has 1 aliphatic rings. The molecule has 4 heteroatoms. The third-order valence-electron chi connectivity index (χ3n) is 4.48. The minimum atomic E-state index is 0.872. The van der Waals surface area contributed by atoms with Crippen molar-refractivity contribution >= 4 is 5.69 Å². The minimum absolute atomic E-state index is 0.872. The number of rotatable bonds is 4. The molecule has 0 amide bonds. The van der Waals surface area contributed by atoms with Crippen molar-refractivity contribution in [3.63, 3.8) is 0 Å². The van der Waals surface area contributed by atoms with E-state index in [0.717, 1.165) is 13.1 Å². The van der Waals surface area contributed by atoms with E-state index in [0.29, 0.717) is 0 Å². The number of fused-ring (bicyclic) bond motifs is 1. The third kappa shape index (κ3) is 2.95. The highest BCUT2D eigenvalue weighted by atomic mass is 15.3. The van der Waals surface area contributed by atoms with Crippen molar-refractivity contribution in [3.8, 4) is 0 Å². The van der Waals surface area contributed by atoms with Gasteiger partial charge in [-0.25, -0.2) is 0 Å². The van der Waals surface area contributed by atoms with E-state index in [2.05, 4.69) is 47.5 Å². The van der Waals surface area contributed by atoms with Crippen LogP contribution >= 0.6 is 0 Å². The summed E-state index contributed by atoms with van der Waals surface area (Å²) in [7, 11) is 4.17. The number of nitrogens with zero attached hydrogens (tertiary/aromatic N) is 3. The average molecular weight is 284 g/mol. The fourth-order valence-electron chi connectivity index (χ4n) is 3.01. The number of anilines is 1. The van der Waals surface area contributed by atoms with Gasteiger partial charge in [0.1, 0.15) is 0 Å². The summed E-state index contributed by atoms with van der Waals surface area (Å²) in [6, 6.07) is 6.86. The summed E-state index contributed by atoms with van der Waals surface area (Å²) in [4.78, 5) is 2.36. The van der Waals surface area contributed by atoms with Gasteiger partial charge in [-0.15, -0.1) is 0 Å². The van der Waals surface area contributed by atoms with Gasteiger partial charge in [0.15, 0.2) is 0 Å². The first-order chi connectivity index (χ1) is 10.1. The molecule has 0 saturated heterocycles. The van der Waals surface area contributed by atoms with E-state index in [1.54, 1.807) is 0 Å². The first kappa shape index (κ1) is 14.1. The van der Waals surface area contributed by atoms with Crippen LogP contribution in [0.5, 0.6) is 0 Å². The van der Waals surface area contributed by atoms with Crippen LogP contribution in [-0.2, 0) is 26.6 Å². The van der Waals surface area contributed by atoms with Crippen LogP contribution < -0.4 is 10.2 Å². The quantitative estimate of drug-likeness (QED) is 0.936. The summed E-state index contributed by atoms with van der Waals surface area (Å²) in [5.74, 6) is 0. The maximum absolute atomic E-state index is 4.28. The van der Waals surface area contributed by atoms with Crippen LogP contribution in [0.1, 0.15) is 28.8 Å². The lowest BCUT2D eigenvalue weighted by molar-refractivity contribution is 0.681. The maximum atomic E-state index is 4.28. The molecule has 1 aliphatic heterocycles. The second kappa shape index (κ2) is 5.90. The molecule has 0 unspecified atom stereocenters. The van der Waals surface area contributed by atoms with Gasteiger partial charge in [-0.3, -0.25) is 4.68 Å². The van der Waals surface area contributed by atoms with Gasteiger partial charge in [-0.05, 0) is 37.0 Å². The molecule has 0 atom stereocenters. The van der Waals surface area contributed by atoms with Gasteiger partial charge in [-0.1, -0.05) is 12.1 Å². The van der Waals surface area contributed by atoms with Crippen LogP contribution in [-0.4, -0.2) is 23.4 Å². The van der Waals surface area contributed by atoms with Crippen molar-refractivity contribution in [2.75, 3.05) is 18.5 Å². The third-order valence-corrected chi connectivity index (χ3v) is 4.48. The largest absolute Gasteiger partial charge is 0.374 e. The molecule has 4 nitrogen and oxygen atoms in total. The summed E-state index contributed by atoms with van der Waals surface area (Å²) in [5, 5.41) is 7.80. The second-order valence-corrected chi connectivity index (χ2v) is 5.97. The lowest BCUT2D eigenvalue weighted by Crippen LogP contribution is -2.24. The summed E-state index contributed by atoms with van der Waals surface area (Å²) < 4.78 is 1.92. The zero-order chi connectivity index (χ0) is 14.8. The number of nitrogens with one attached hydrogen (secondary N) is 1. The SMILES string of the molecule is Cc1c(CNCc2ccc3c(c2)CCCN3C)cnn1C. The summed E-state index contributed by atoms with van der Waals surface area (Å²) in [5.41, 5.74) is 6.75. The summed E-state index contributed by atoms with van der Waals surface area (Å²) in [6.07, 6.45) is 4.41. The summed E-state index contributed by atoms with van der Waals surface area (Å²) >= 11 is 0. The van der Waals surface area contributed by atoms with E-state index in [1.165, 1.54) is 47.5 Å². The lowest BCUT2D eigenvalue weighted by Gasteiger charge is -2.27. The van der Waals surface area contributed by atoms with Gasteiger partial charge < -0.3 is 10.2 Å². The van der Waals surface area contributed by atoms with Gasteiger partial charge in [-0.2, -0.15) is 5.10 Å². The minimum Gasteiger partial charge on any atom is -0.374 e. The molecule has 0 spiro atoms. The monoisotopic (exact) mass is 284 g/mol. The molecule has 0 bridgehead atoms. The molecular weight excluding hydrogens is 260 g/mol. The van der Waals surface area contributed by atoms with Crippen molar-refractivity contribution in [2.45, 2.75) is 32.9 Å². The van der Waals surface area contributed by atoms with E-state index >= 15 is 0 Å². The van der Waals surface area contributed by atoms with E-state index in [-0.39, 0.29) is 0 Å². The molecule has 3 rings (SSSR count). The average Bonchev–Trinajstić information content (AvgIpc) is 2.79. The molecule has 1 aromatic heterocycles. The number of aromatic nitrogens is 2. The molecule has 1 aromatic carbocycles. The Morgan fingerprint density at radius 2 is 2.10 bits per heavy atom. The molecule has 0 radical (unpaired) electrons. The normalized spacial score (nSPS) is 14.3. The molecule has 2 aromatic rings. The Kier molecular flexibility index (Phi) is 3.97. The molecule has 112 valence electrons. The molecular formula is C17H24N4. The van der Waals surface area contributed by atoms with Gasteiger partial charge in [0, 0.05) is 50.7 Å². The van der Waals surface area contributed by atoms with E-state index in [9.17, 15) is 0 Å². The van der Waals surface area contributed by atoms with Crippen LogP contribution in [0.3, 0.4) is 0 Å². The van der Waals surface area contributed by atoms with Crippen LogP contribution in [0.15, 0.2) is 24.4 Å². The molecule has 0 aliphatic carbocycles. The number of hydrogen-bond acceptors (Lipinski definition) is 3. The Labute approximate surface area is 126 Å². The Hall–Kier alpha value is -1.81. The van der Waals surface area contributed by atoms with Crippen LogP contribution in [0.2, 0.25) is 0 Å². The second-order valence-electron chi connectivity index (χ2n) is 5.97. The van der Waals surface area contributed by atoms with Crippen LogP contribution in [0.25, 0.3) is 0 Å². The van der Waals surface area contributed by atoms with Crippen molar-refractivity contribution in [2.24, 2.45) is 7.05 Å². The topological polar surface area (TPSA) is 33.1 Å². The first-order valence-electron chi connectivity index (χ1n) is 7.66. The van der Waals surface area contributed by atoms with Crippen molar-refractivity contribution in [1.82, 2.24) is 15.1 Å². The fraction of sp³-hybridized carbons (Fsp3) is 0.471. The van der Waals surface area contributed by atoms with E-state index in [4.69, 9.17) is 0 Å². The number of benzene rings is 1. The lowest BCUT2D eigenvalue weighted by atomic mass is 9.99.